The largest absolute Gasteiger partial charge is 0.320 e. The van der Waals surface area contributed by atoms with Gasteiger partial charge in [-0.05, 0) is 75.2 Å². The standard InChI is InChI=1S/C24H24N2O2/c1-15-5-9-19(10-6-15)23(27)25-21-13-17(3)18(4)14-22(21)26-24(28)20-11-7-16(2)8-12-20/h5-14H,1-4H3,(H,25,27)(H,26,28). The van der Waals surface area contributed by atoms with Gasteiger partial charge < -0.3 is 10.6 Å². The zero-order valence-corrected chi connectivity index (χ0v) is 16.6. The highest BCUT2D eigenvalue weighted by Crippen LogP contribution is 2.27. The fourth-order valence-corrected chi connectivity index (χ4v) is 2.82. The molecule has 0 atom stereocenters. The van der Waals surface area contributed by atoms with Crippen LogP contribution in [0, 0.1) is 27.7 Å². The third-order valence-corrected chi connectivity index (χ3v) is 4.76. The quantitative estimate of drug-likeness (QED) is 0.642. The number of carbonyl (C=O) groups excluding carboxylic acids is 2. The van der Waals surface area contributed by atoms with E-state index in [9.17, 15) is 9.59 Å². The first-order chi connectivity index (χ1) is 13.3. The monoisotopic (exact) mass is 372 g/mol. The van der Waals surface area contributed by atoms with E-state index in [0.717, 1.165) is 22.3 Å². The van der Waals surface area contributed by atoms with E-state index < -0.39 is 0 Å². The predicted molar refractivity (Wildman–Crippen MR) is 114 cm³/mol. The molecule has 0 aliphatic rings. The first-order valence-corrected chi connectivity index (χ1v) is 9.21. The molecule has 0 aromatic heterocycles. The molecule has 0 bridgehead atoms. The minimum absolute atomic E-state index is 0.214. The topological polar surface area (TPSA) is 58.2 Å². The summed E-state index contributed by atoms with van der Waals surface area (Å²) in [5.74, 6) is -0.428. The summed E-state index contributed by atoms with van der Waals surface area (Å²) in [4.78, 5) is 25.3. The van der Waals surface area contributed by atoms with Gasteiger partial charge in [0.1, 0.15) is 0 Å². The SMILES string of the molecule is Cc1ccc(C(=O)Nc2cc(C)c(C)cc2NC(=O)c2ccc(C)cc2)cc1. The molecule has 0 saturated carbocycles. The van der Waals surface area contributed by atoms with Crippen molar-refractivity contribution in [3.63, 3.8) is 0 Å². The van der Waals surface area contributed by atoms with Gasteiger partial charge in [0.2, 0.25) is 0 Å². The summed E-state index contributed by atoms with van der Waals surface area (Å²) in [5, 5.41) is 5.85. The highest BCUT2D eigenvalue weighted by molar-refractivity contribution is 6.10. The van der Waals surface area contributed by atoms with Gasteiger partial charge in [0, 0.05) is 11.1 Å². The maximum absolute atomic E-state index is 12.6. The van der Waals surface area contributed by atoms with Crippen molar-refractivity contribution in [3.05, 3.63) is 94.0 Å². The summed E-state index contributed by atoms with van der Waals surface area (Å²) in [6.45, 7) is 7.90. The third kappa shape index (κ3) is 4.46. The van der Waals surface area contributed by atoms with Crippen LogP contribution < -0.4 is 10.6 Å². The normalized spacial score (nSPS) is 10.4. The zero-order chi connectivity index (χ0) is 20.3. The molecule has 0 radical (unpaired) electrons. The summed E-state index contributed by atoms with van der Waals surface area (Å²) in [6, 6.07) is 18.5. The molecule has 2 N–H and O–H groups in total. The van der Waals surface area contributed by atoms with Crippen LogP contribution >= 0.6 is 0 Å². The number of aryl methyl sites for hydroxylation is 4. The second-order valence-electron chi connectivity index (χ2n) is 7.12. The van der Waals surface area contributed by atoms with Crippen LogP contribution in [0.5, 0.6) is 0 Å². The van der Waals surface area contributed by atoms with Gasteiger partial charge in [-0.2, -0.15) is 0 Å². The lowest BCUT2D eigenvalue weighted by atomic mass is 10.1. The van der Waals surface area contributed by atoms with E-state index in [2.05, 4.69) is 10.6 Å². The van der Waals surface area contributed by atoms with Gasteiger partial charge in [-0.25, -0.2) is 0 Å². The Morgan fingerprint density at radius 2 is 0.893 bits per heavy atom. The summed E-state index contributed by atoms with van der Waals surface area (Å²) >= 11 is 0. The van der Waals surface area contributed by atoms with Gasteiger partial charge in [-0.15, -0.1) is 0 Å². The molecule has 0 unspecified atom stereocenters. The van der Waals surface area contributed by atoms with Crippen molar-refractivity contribution >= 4 is 23.2 Å². The summed E-state index contributed by atoms with van der Waals surface area (Å²) in [5.41, 5.74) is 6.55. The minimum Gasteiger partial charge on any atom is -0.320 e. The highest BCUT2D eigenvalue weighted by Gasteiger charge is 2.14. The van der Waals surface area contributed by atoms with Crippen LogP contribution in [0.25, 0.3) is 0 Å². The van der Waals surface area contributed by atoms with Crippen LogP contribution in [-0.4, -0.2) is 11.8 Å². The Morgan fingerprint density at radius 1 is 0.571 bits per heavy atom. The van der Waals surface area contributed by atoms with Gasteiger partial charge in [-0.3, -0.25) is 9.59 Å². The lowest BCUT2D eigenvalue weighted by Gasteiger charge is -2.15. The van der Waals surface area contributed by atoms with Gasteiger partial charge >= 0.3 is 0 Å². The summed E-state index contributed by atoms with van der Waals surface area (Å²) in [7, 11) is 0. The molecule has 0 saturated heterocycles. The summed E-state index contributed by atoms with van der Waals surface area (Å²) < 4.78 is 0. The molecule has 2 amide bonds. The molecule has 28 heavy (non-hydrogen) atoms. The molecule has 4 nitrogen and oxygen atoms in total. The van der Waals surface area contributed by atoms with E-state index in [-0.39, 0.29) is 11.8 Å². The average Bonchev–Trinajstić information content (AvgIpc) is 2.66. The number of carbonyl (C=O) groups is 2. The maximum atomic E-state index is 12.6. The Morgan fingerprint density at radius 3 is 1.21 bits per heavy atom. The minimum atomic E-state index is -0.214. The number of benzene rings is 3. The molecular weight excluding hydrogens is 348 g/mol. The Hall–Kier alpha value is -3.40. The highest BCUT2D eigenvalue weighted by atomic mass is 16.2. The first kappa shape index (κ1) is 19.4. The van der Waals surface area contributed by atoms with Crippen molar-refractivity contribution in [1.82, 2.24) is 0 Å². The number of rotatable bonds is 4. The Labute approximate surface area is 165 Å². The molecular formula is C24H24N2O2. The van der Waals surface area contributed by atoms with Crippen LogP contribution in [0.2, 0.25) is 0 Å². The van der Waals surface area contributed by atoms with Crippen LogP contribution in [0.1, 0.15) is 43.0 Å². The fourth-order valence-electron chi connectivity index (χ4n) is 2.82. The number of hydrogen-bond acceptors (Lipinski definition) is 2. The third-order valence-electron chi connectivity index (χ3n) is 4.76. The van der Waals surface area contributed by atoms with E-state index in [4.69, 9.17) is 0 Å². The molecule has 0 spiro atoms. The number of nitrogens with one attached hydrogen (secondary N) is 2. The number of amides is 2. The number of hydrogen-bond donors (Lipinski definition) is 2. The molecule has 0 aliphatic carbocycles. The second kappa shape index (κ2) is 8.09. The molecule has 4 heteroatoms. The zero-order valence-electron chi connectivity index (χ0n) is 16.6. The molecule has 0 heterocycles. The average molecular weight is 372 g/mol. The molecule has 142 valence electrons. The van der Waals surface area contributed by atoms with Crippen molar-refractivity contribution in [3.8, 4) is 0 Å². The van der Waals surface area contributed by atoms with E-state index in [1.165, 1.54) is 0 Å². The van der Waals surface area contributed by atoms with Crippen molar-refractivity contribution < 1.29 is 9.59 Å². The van der Waals surface area contributed by atoms with Crippen molar-refractivity contribution in [2.45, 2.75) is 27.7 Å². The van der Waals surface area contributed by atoms with Crippen molar-refractivity contribution in [2.24, 2.45) is 0 Å². The van der Waals surface area contributed by atoms with Crippen LogP contribution in [0.4, 0.5) is 11.4 Å². The van der Waals surface area contributed by atoms with E-state index in [0.29, 0.717) is 22.5 Å². The smallest absolute Gasteiger partial charge is 0.255 e. The Balaban J connectivity index is 1.87. The molecule has 3 rings (SSSR count). The second-order valence-corrected chi connectivity index (χ2v) is 7.12. The van der Waals surface area contributed by atoms with Gasteiger partial charge in [0.15, 0.2) is 0 Å². The van der Waals surface area contributed by atoms with Gasteiger partial charge in [0.25, 0.3) is 11.8 Å². The van der Waals surface area contributed by atoms with Crippen LogP contribution in [0.3, 0.4) is 0 Å². The van der Waals surface area contributed by atoms with E-state index >= 15 is 0 Å². The molecule has 3 aromatic rings. The van der Waals surface area contributed by atoms with E-state index in [1.807, 2.05) is 64.1 Å². The van der Waals surface area contributed by atoms with Crippen molar-refractivity contribution in [1.29, 1.82) is 0 Å². The first-order valence-electron chi connectivity index (χ1n) is 9.21. The summed E-state index contributed by atoms with van der Waals surface area (Å²) in [6.07, 6.45) is 0. The van der Waals surface area contributed by atoms with Crippen LogP contribution in [-0.2, 0) is 0 Å². The molecule has 0 fully saturated rings. The Bertz CT molecular complexity index is 935. The number of anilines is 2. The van der Waals surface area contributed by atoms with Gasteiger partial charge in [0.05, 0.1) is 11.4 Å². The molecule has 3 aromatic carbocycles. The Kier molecular flexibility index (Phi) is 5.59. The predicted octanol–water partition coefficient (Wildman–Crippen LogP) is 5.42. The van der Waals surface area contributed by atoms with Crippen molar-refractivity contribution in [2.75, 3.05) is 10.6 Å². The molecule has 0 aliphatic heterocycles. The lowest BCUT2D eigenvalue weighted by Crippen LogP contribution is -2.17. The maximum Gasteiger partial charge on any atom is 0.255 e. The van der Waals surface area contributed by atoms with Gasteiger partial charge in [-0.1, -0.05) is 35.4 Å². The lowest BCUT2D eigenvalue weighted by molar-refractivity contribution is 0.101. The van der Waals surface area contributed by atoms with E-state index in [1.54, 1.807) is 24.3 Å². The fraction of sp³-hybridized carbons (Fsp3) is 0.167. The van der Waals surface area contributed by atoms with Crippen LogP contribution in [0.15, 0.2) is 60.7 Å².